The van der Waals surface area contributed by atoms with Crippen molar-refractivity contribution in [3.05, 3.63) is 35.4 Å². The van der Waals surface area contributed by atoms with E-state index in [1.54, 1.807) is 0 Å². The molecule has 98 valence electrons. The van der Waals surface area contributed by atoms with Crippen molar-refractivity contribution in [1.82, 2.24) is 5.32 Å². The molecule has 0 radical (unpaired) electrons. The van der Waals surface area contributed by atoms with Crippen LogP contribution in [-0.2, 0) is 16.8 Å². The fourth-order valence-corrected chi connectivity index (χ4v) is 3.57. The molecule has 0 bridgehead atoms. The van der Waals surface area contributed by atoms with Gasteiger partial charge in [-0.1, -0.05) is 38.1 Å². The van der Waals surface area contributed by atoms with Gasteiger partial charge in [-0.2, -0.15) is 0 Å². The van der Waals surface area contributed by atoms with Crippen molar-refractivity contribution in [2.24, 2.45) is 0 Å². The van der Waals surface area contributed by atoms with Crippen molar-refractivity contribution in [3.63, 3.8) is 0 Å². The number of rotatable bonds is 2. The zero-order valence-corrected chi connectivity index (χ0v) is 11.5. The first-order chi connectivity index (χ1) is 8.74. The van der Waals surface area contributed by atoms with Crippen LogP contribution in [0.2, 0.25) is 0 Å². The number of hydrogen-bond acceptors (Lipinski definition) is 2. The Labute approximate surface area is 110 Å². The molecule has 3 rings (SSSR count). The molecule has 2 aliphatic rings. The first-order valence-electron chi connectivity index (χ1n) is 7.23. The van der Waals surface area contributed by atoms with Crippen LogP contribution in [0.25, 0.3) is 0 Å². The third kappa shape index (κ3) is 1.70. The largest absolute Gasteiger partial charge is 0.361 e. The second kappa shape index (κ2) is 4.36. The van der Waals surface area contributed by atoms with Crippen LogP contribution in [0.1, 0.15) is 44.2 Å². The van der Waals surface area contributed by atoms with Gasteiger partial charge in [-0.25, -0.2) is 0 Å². The van der Waals surface area contributed by atoms with E-state index in [-0.39, 0.29) is 11.2 Å². The van der Waals surface area contributed by atoms with E-state index in [4.69, 9.17) is 4.74 Å². The van der Waals surface area contributed by atoms with Crippen LogP contribution in [0.15, 0.2) is 24.3 Å². The molecule has 1 spiro atoms. The van der Waals surface area contributed by atoms with Crippen LogP contribution in [0.4, 0.5) is 0 Å². The van der Waals surface area contributed by atoms with E-state index in [9.17, 15) is 0 Å². The van der Waals surface area contributed by atoms with Crippen molar-refractivity contribution in [1.29, 1.82) is 0 Å². The maximum absolute atomic E-state index is 6.68. The fourth-order valence-electron chi connectivity index (χ4n) is 3.57. The molecule has 1 aromatic carbocycles. The number of morpholine rings is 1. The average Bonchev–Trinajstić information content (AvgIpc) is 2.78. The number of nitrogens with one attached hydrogen (secondary N) is 1. The Morgan fingerprint density at radius 1 is 1.17 bits per heavy atom. The zero-order chi connectivity index (χ0) is 12.6. The normalized spacial score (nSPS) is 29.4. The summed E-state index contributed by atoms with van der Waals surface area (Å²) in [5.41, 5.74) is 2.85. The number of ether oxygens (including phenoxy) is 1. The highest BCUT2D eigenvalue weighted by atomic mass is 16.5. The molecule has 2 nitrogen and oxygen atoms in total. The SMILES string of the molecule is CCC1(CC)CNCC2(CCc3ccccc32)O1. The lowest BCUT2D eigenvalue weighted by molar-refractivity contribution is -0.186. The number of aryl methyl sites for hydroxylation is 1. The van der Waals surface area contributed by atoms with Gasteiger partial charge in [0.05, 0.1) is 5.60 Å². The van der Waals surface area contributed by atoms with Gasteiger partial charge in [-0.3, -0.25) is 0 Å². The molecule has 1 aliphatic carbocycles. The van der Waals surface area contributed by atoms with E-state index >= 15 is 0 Å². The number of hydrogen-bond donors (Lipinski definition) is 1. The lowest BCUT2D eigenvalue weighted by atomic mass is 9.87. The van der Waals surface area contributed by atoms with Gasteiger partial charge in [0, 0.05) is 13.1 Å². The molecule has 0 amide bonds. The minimum atomic E-state index is -0.0686. The summed E-state index contributed by atoms with van der Waals surface area (Å²) in [6, 6.07) is 8.79. The Hall–Kier alpha value is -0.860. The molecular weight excluding hydrogens is 222 g/mol. The van der Waals surface area contributed by atoms with Gasteiger partial charge in [-0.05, 0) is 36.8 Å². The molecule has 2 heteroatoms. The zero-order valence-electron chi connectivity index (χ0n) is 11.5. The van der Waals surface area contributed by atoms with Gasteiger partial charge in [0.15, 0.2) is 0 Å². The Kier molecular flexibility index (Phi) is 2.95. The summed E-state index contributed by atoms with van der Waals surface area (Å²) in [5.74, 6) is 0. The fraction of sp³-hybridized carbons (Fsp3) is 0.625. The van der Waals surface area contributed by atoms with Crippen molar-refractivity contribution in [2.45, 2.75) is 50.7 Å². The smallest absolute Gasteiger partial charge is 0.107 e. The minimum absolute atomic E-state index is 0.0235. The number of fused-ring (bicyclic) bond motifs is 2. The molecule has 1 fully saturated rings. The molecule has 1 aliphatic heterocycles. The summed E-state index contributed by atoms with van der Waals surface area (Å²) in [6.45, 7) is 6.44. The molecule has 0 aromatic heterocycles. The Morgan fingerprint density at radius 3 is 2.72 bits per heavy atom. The first-order valence-corrected chi connectivity index (χ1v) is 7.23. The van der Waals surface area contributed by atoms with E-state index in [2.05, 4.69) is 43.4 Å². The Balaban J connectivity index is 1.97. The van der Waals surface area contributed by atoms with E-state index in [0.29, 0.717) is 0 Å². The maximum atomic E-state index is 6.68. The van der Waals surface area contributed by atoms with Gasteiger partial charge < -0.3 is 10.1 Å². The third-order valence-electron chi connectivity index (χ3n) is 4.86. The molecule has 1 atom stereocenters. The Morgan fingerprint density at radius 2 is 1.94 bits per heavy atom. The van der Waals surface area contributed by atoms with Crippen molar-refractivity contribution in [2.75, 3.05) is 13.1 Å². The quantitative estimate of drug-likeness (QED) is 0.865. The van der Waals surface area contributed by atoms with E-state index in [1.807, 2.05) is 0 Å². The van der Waals surface area contributed by atoms with Gasteiger partial charge in [0.1, 0.15) is 5.60 Å². The van der Waals surface area contributed by atoms with Crippen LogP contribution in [-0.4, -0.2) is 18.7 Å². The monoisotopic (exact) mass is 245 g/mol. The van der Waals surface area contributed by atoms with Crippen LogP contribution in [0.3, 0.4) is 0 Å². The molecule has 18 heavy (non-hydrogen) atoms. The van der Waals surface area contributed by atoms with Crippen molar-refractivity contribution >= 4 is 0 Å². The molecule has 1 heterocycles. The van der Waals surface area contributed by atoms with Crippen molar-refractivity contribution < 1.29 is 4.74 Å². The van der Waals surface area contributed by atoms with Crippen LogP contribution < -0.4 is 5.32 Å². The summed E-state index contributed by atoms with van der Waals surface area (Å²) in [7, 11) is 0. The molecular formula is C16H23NO. The highest BCUT2D eigenvalue weighted by Crippen LogP contribution is 2.45. The second-order valence-corrected chi connectivity index (χ2v) is 5.75. The highest BCUT2D eigenvalue weighted by molar-refractivity contribution is 5.38. The number of benzene rings is 1. The van der Waals surface area contributed by atoms with Crippen molar-refractivity contribution in [3.8, 4) is 0 Å². The summed E-state index contributed by atoms with van der Waals surface area (Å²) >= 11 is 0. The second-order valence-electron chi connectivity index (χ2n) is 5.75. The standard InChI is InChI=1S/C16H23NO/c1-3-15(4-2)11-17-12-16(18-15)10-9-13-7-5-6-8-14(13)16/h5-8,17H,3-4,9-12H2,1-2H3. The molecule has 0 saturated carbocycles. The first kappa shape index (κ1) is 12.2. The van der Waals surface area contributed by atoms with Crippen LogP contribution >= 0.6 is 0 Å². The molecule has 1 saturated heterocycles. The van der Waals surface area contributed by atoms with E-state index in [1.165, 1.54) is 11.1 Å². The topological polar surface area (TPSA) is 21.3 Å². The predicted molar refractivity (Wildman–Crippen MR) is 73.7 cm³/mol. The van der Waals surface area contributed by atoms with E-state index < -0.39 is 0 Å². The van der Waals surface area contributed by atoms with Crippen LogP contribution in [0.5, 0.6) is 0 Å². The van der Waals surface area contributed by atoms with Gasteiger partial charge in [0.2, 0.25) is 0 Å². The summed E-state index contributed by atoms with van der Waals surface area (Å²) in [4.78, 5) is 0. The summed E-state index contributed by atoms with van der Waals surface area (Å²) in [6.07, 6.45) is 4.45. The van der Waals surface area contributed by atoms with Gasteiger partial charge in [0.25, 0.3) is 0 Å². The molecule has 1 unspecified atom stereocenters. The maximum Gasteiger partial charge on any atom is 0.107 e. The van der Waals surface area contributed by atoms with Gasteiger partial charge in [-0.15, -0.1) is 0 Å². The summed E-state index contributed by atoms with van der Waals surface area (Å²) in [5, 5.41) is 3.63. The Bertz CT molecular complexity index is 434. The average molecular weight is 245 g/mol. The highest BCUT2D eigenvalue weighted by Gasteiger charge is 2.47. The summed E-state index contributed by atoms with van der Waals surface area (Å²) < 4.78 is 6.68. The minimum Gasteiger partial charge on any atom is -0.361 e. The van der Waals surface area contributed by atoms with E-state index in [0.717, 1.165) is 38.8 Å². The predicted octanol–water partition coefficient (Wildman–Crippen LogP) is 3.01. The van der Waals surface area contributed by atoms with Crippen LogP contribution in [0, 0.1) is 0 Å². The van der Waals surface area contributed by atoms with Gasteiger partial charge >= 0.3 is 0 Å². The molecule has 1 aromatic rings. The molecule has 1 N–H and O–H groups in total. The third-order valence-corrected chi connectivity index (χ3v) is 4.86. The lowest BCUT2D eigenvalue weighted by Gasteiger charge is -2.47. The lowest BCUT2D eigenvalue weighted by Crippen LogP contribution is -2.57.